The van der Waals surface area contributed by atoms with Crippen LogP contribution < -0.4 is 5.32 Å². The van der Waals surface area contributed by atoms with Crippen molar-refractivity contribution in [3.05, 3.63) is 30.3 Å². The van der Waals surface area contributed by atoms with Gasteiger partial charge in [-0.3, -0.25) is 4.79 Å². The molecule has 1 aromatic carbocycles. The van der Waals surface area contributed by atoms with E-state index in [2.05, 4.69) is 29.4 Å². The monoisotopic (exact) mass is 362 g/mol. The molecule has 24 heavy (non-hydrogen) atoms. The first-order chi connectivity index (χ1) is 11.6. The Morgan fingerprint density at radius 2 is 1.96 bits per heavy atom. The van der Waals surface area contributed by atoms with Crippen molar-refractivity contribution in [2.75, 3.05) is 24.2 Å². The van der Waals surface area contributed by atoms with Crippen molar-refractivity contribution in [3.63, 3.8) is 0 Å². The van der Waals surface area contributed by atoms with Gasteiger partial charge < -0.3 is 10.2 Å². The van der Waals surface area contributed by atoms with Gasteiger partial charge >= 0.3 is 0 Å². The van der Waals surface area contributed by atoms with Crippen LogP contribution in [0.25, 0.3) is 0 Å². The zero-order valence-electron chi connectivity index (χ0n) is 13.9. The van der Waals surface area contributed by atoms with Crippen LogP contribution in [-0.4, -0.2) is 39.8 Å². The van der Waals surface area contributed by atoms with Gasteiger partial charge in [0.25, 0.3) is 0 Å². The number of hydrogen-bond acceptors (Lipinski definition) is 6. The molecular formula is C17H22N4OS2. The fraction of sp³-hybridized carbons (Fsp3) is 0.471. The maximum atomic E-state index is 12.4. The molecule has 1 aliphatic rings. The molecule has 0 bridgehead atoms. The summed E-state index contributed by atoms with van der Waals surface area (Å²) in [6, 6.07) is 9.88. The molecule has 5 nitrogen and oxygen atoms in total. The molecular weight excluding hydrogens is 340 g/mol. The summed E-state index contributed by atoms with van der Waals surface area (Å²) < 4.78 is 0.819. The fourth-order valence-corrected chi connectivity index (χ4v) is 4.72. The van der Waals surface area contributed by atoms with Gasteiger partial charge in [-0.1, -0.05) is 55.1 Å². The lowest BCUT2D eigenvalue weighted by Gasteiger charge is -2.34. The molecule has 0 radical (unpaired) electrons. The van der Waals surface area contributed by atoms with E-state index in [9.17, 15) is 4.79 Å². The highest BCUT2D eigenvalue weighted by molar-refractivity contribution is 8.01. The number of nitrogens with zero attached hydrogens (tertiary/aromatic N) is 3. The molecule has 3 rings (SSSR count). The van der Waals surface area contributed by atoms with Gasteiger partial charge in [0.1, 0.15) is 0 Å². The van der Waals surface area contributed by atoms with Gasteiger partial charge in [-0.05, 0) is 30.4 Å². The number of piperidine rings is 1. The van der Waals surface area contributed by atoms with Crippen molar-refractivity contribution in [2.45, 2.75) is 24.6 Å². The lowest BCUT2D eigenvalue weighted by atomic mass is 9.92. The summed E-state index contributed by atoms with van der Waals surface area (Å²) >= 11 is 2.95. The molecule has 0 aliphatic carbocycles. The minimum Gasteiger partial charge on any atom is -0.341 e. The van der Waals surface area contributed by atoms with Crippen LogP contribution in [-0.2, 0) is 4.79 Å². The van der Waals surface area contributed by atoms with Gasteiger partial charge in [0, 0.05) is 18.8 Å². The Morgan fingerprint density at radius 3 is 2.67 bits per heavy atom. The standard InChI is InChI=1S/C17H22N4OS2/c1-12-8-13(2)10-21(9-12)15(22)11-23-17-20-19-16(24-17)18-14-6-4-3-5-7-14/h3-7,12-13H,8-11H2,1-2H3,(H,18,19)/t12-,13-/m1/s1. The number of likely N-dealkylation sites (tertiary alicyclic amines) is 1. The summed E-state index contributed by atoms with van der Waals surface area (Å²) in [6.45, 7) is 6.19. The van der Waals surface area contributed by atoms with Crippen LogP contribution in [0.3, 0.4) is 0 Å². The van der Waals surface area contributed by atoms with E-state index < -0.39 is 0 Å². The first-order valence-electron chi connectivity index (χ1n) is 8.16. The lowest BCUT2D eigenvalue weighted by Crippen LogP contribution is -2.43. The van der Waals surface area contributed by atoms with Crippen LogP contribution >= 0.6 is 23.1 Å². The minimum atomic E-state index is 0.200. The van der Waals surface area contributed by atoms with E-state index in [0.29, 0.717) is 17.6 Å². The summed E-state index contributed by atoms with van der Waals surface area (Å²) in [5.41, 5.74) is 0.984. The van der Waals surface area contributed by atoms with Crippen LogP contribution in [0.15, 0.2) is 34.7 Å². The molecule has 1 amide bonds. The molecule has 1 N–H and O–H groups in total. The second-order valence-corrected chi connectivity index (χ2v) is 8.60. The average molecular weight is 363 g/mol. The summed E-state index contributed by atoms with van der Waals surface area (Å²) in [4.78, 5) is 14.4. The normalized spacial score (nSPS) is 20.8. The Labute approximate surface area is 150 Å². The second kappa shape index (κ2) is 7.98. The highest BCUT2D eigenvalue weighted by atomic mass is 32.2. The molecule has 2 atom stereocenters. The van der Waals surface area contributed by atoms with E-state index >= 15 is 0 Å². The van der Waals surface area contributed by atoms with Crippen LogP contribution in [0.5, 0.6) is 0 Å². The molecule has 1 aliphatic heterocycles. The van der Waals surface area contributed by atoms with Crippen molar-refractivity contribution >= 4 is 39.8 Å². The van der Waals surface area contributed by atoms with E-state index in [1.807, 2.05) is 35.2 Å². The van der Waals surface area contributed by atoms with Crippen LogP contribution in [0.1, 0.15) is 20.3 Å². The van der Waals surface area contributed by atoms with Crippen molar-refractivity contribution in [3.8, 4) is 0 Å². The predicted molar refractivity (Wildman–Crippen MR) is 99.9 cm³/mol. The van der Waals surface area contributed by atoms with E-state index in [0.717, 1.165) is 28.2 Å². The lowest BCUT2D eigenvalue weighted by molar-refractivity contribution is -0.130. The summed E-state index contributed by atoms with van der Waals surface area (Å²) in [7, 11) is 0. The largest absolute Gasteiger partial charge is 0.341 e. The summed E-state index contributed by atoms with van der Waals surface area (Å²) in [5.74, 6) is 1.81. The van der Waals surface area contributed by atoms with E-state index in [1.54, 1.807) is 0 Å². The number of rotatable bonds is 5. The molecule has 2 heterocycles. The molecule has 0 unspecified atom stereocenters. The zero-order chi connectivity index (χ0) is 16.9. The highest BCUT2D eigenvalue weighted by Crippen LogP contribution is 2.28. The van der Waals surface area contributed by atoms with Crippen molar-refractivity contribution < 1.29 is 4.79 Å². The average Bonchev–Trinajstić information content (AvgIpc) is 3.00. The number of hydrogen-bond donors (Lipinski definition) is 1. The molecule has 128 valence electrons. The number of amides is 1. The zero-order valence-corrected chi connectivity index (χ0v) is 15.6. The smallest absolute Gasteiger partial charge is 0.233 e. The molecule has 1 fully saturated rings. The number of carbonyl (C=O) groups is 1. The highest BCUT2D eigenvalue weighted by Gasteiger charge is 2.25. The van der Waals surface area contributed by atoms with Crippen molar-refractivity contribution in [2.24, 2.45) is 11.8 Å². The number of aromatic nitrogens is 2. The number of benzene rings is 1. The van der Waals surface area contributed by atoms with Gasteiger partial charge in [0.15, 0.2) is 4.34 Å². The van der Waals surface area contributed by atoms with Crippen molar-refractivity contribution in [1.82, 2.24) is 15.1 Å². The molecule has 7 heteroatoms. The molecule has 1 aromatic heterocycles. The predicted octanol–water partition coefficient (Wildman–Crippen LogP) is 3.88. The Balaban J connectivity index is 1.51. The molecule has 1 saturated heterocycles. The Hall–Kier alpha value is -1.60. The Kier molecular flexibility index (Phi) is 5.73. The number of anilines is 2. The first kappa shape index (κ1) is 17.2. The van der Waals surface area contributed by atoms with Crippen LogP contribution in [0, 0.1) is 11.8 Å². The van der Waals surface area contributed by atoms with Crippen molar-refractivity contribution in [1.29, 1.82) is 0 Å². The first-order valence-corrected chi connectivity index (χ1v) is 9.96. The number of thioether (sulfide) groups is 1. The van der Waals surface area contributed by atoms with E-state index in [1.165, 1.54) is 29.5 Å². The topological polar surface area (TPSA) is 58.1 Å². The number of nitrogens with one attached hydrogen (secondary N) is 1. The molecule has 0 saturated carbocycles. The molecule has 2 aromatic rings. The SMILES string of the molecule is C[C@@H]1C[C@@H](C)CN(C(=O)CSc2nnc(Nc3ccccc3)s2)C1. The minimum absolute atomic E-state index is 0.200. The quantitative estimate of drug-likeness (QED) is 0.818. The van der Waals surface area contributed by atoms with Gasteiger partial charge in [0.2, 0.25) is 11.0 Å². The Morgan fingerprint density at radius 1 is 1.25 bits per heavy atom. The third-order valence-electron chi connectivity index (χ3n) is 3.97. The number of para-hydroxylation sites is 1. The third kappa shape index (κ3) is 4.70. The summed E-state index contributed by atoms with van der Waals surface area (Å²) in [5, 5.41) is 12.3. The van der Waals surface area contributed by atoms with Gasteiger partial charge in [-0.2, -0.15) is 0 Å². The third-order valence-corrected chi connectivity index (χ3v) is 5.93. The Bertz CT molecular complexity index is 666. The second-order valence-electron chi connectivity index (χ2n) is 6.40. The fourth-order valence-electron chi connectivity index (χ4n) is 3.04. The number of carbonyl (C=O) groups excluding carboxylic acids is 1. The van der Waals surface area contributed by atoms with Gasteiger partial charge in [0.05, 0.1) is 5.75 Å². The van der Waals surface area contributed by atoms with E-state index in [-0.39, 0.29) is 5.91 Å². The molecule has 0 spiro atoms. The maximum Gasteiger partial charge on any atom is 0.233 e. The maximum absolute atomic E-state index is 12.4. The van der Waals surface area contributed by atoms with Crippen LogP contribution in [0.4, 0.5) is 10.8 Å². The van der Waals surface area contributed by atoms with E-state index in [4.69, 9.17) is 0 Å². The van der Waals surface area contributed by atoms with Gasteiger partial charge in [-0.25, -0.2) is 0 Å². The van der Waals surface area contributed by atoms with Gasteiger partial charge in [-0.15, -0.1) is 10.2 Å². The van der Waals surface area contributed by atoms with Crippen LogP contribution in [0.2, 0.25) is 0 Å². The summed E-state index contributed by atoms with van der Waals surface area (Å²) in [6.07, 6.45) is 1.21.